The van der Waals surface area contributed by atoms with Gasteiger partial charge in [0.2, 0.25) is 5.95 Å². The predicted octanol–water partition coefficient (Wildman–Crippen LogP) is 1.69. The van der Waals surface area contributed by atoms with Gasteiger partial charge in [-0.2, -0.15) is 5.26 Å². The number of carbonyl (C=O) groups excluding carboxylic acids is 1. The van der Waals surface area contributed by atoms with Crippen molar-refractivity contribution in [1.29, 1.82) is 5.26 Å². The molecule has 1 aromatic heterocycles. The lowest BCUT2D eigenvalue weighted by Crippen LogP contribution is -2.42. The van der Waals surface area contributed by atoms with Crippen LogP contribution >= 0.6 is 0 Å². The number of nitrogens with zero attached hydrogens (tertiary/aromatic N) is 4. The molecule has 7 heteroatoms. The number of rotatable bonds is 3. The topological polar surface area (TPSA) is 91.1 Å². The molecule has 0 aromatic carbocycles. The Morgan fingerprint density at radius 3 is 2.86 bits per heavy atom. The highest BCUT2D eigenvalue weighted by molar-refractivity contribution is 5.67. The molecule has 1 aliphatic heterocycles. The number of nitrogens with one attached hydrogen (secondary N) is 1. The Morgan fingerprint density at radius 1 is 1.52 bits per heavy atom. The first-order chi connectivity index (χ1) is 10.1. The fraction of sp³-hybridized carbons (Fsp3) is 0.571. The van der Waals surface area contributed by atoms with E-state index in [0.29, 0.717) is 31.3 Å². The Kier molecular flexibility index (Phi) is 4.93. The fourth-order valence-electron chi connectivity index (χ4n) is 2.29. The Hall–Kier alpha value is -2.36. The molecule has 21 heavy (non-hydrogen) atoms. The highest BCUT2D eigenvalue weighted by Gasteiger charge is 2.23. The van der Waals surface area contributed by atoms with Crippen molar-refractivity contribution in [2.24, 2.45) is 0 Å². The summed E-state index contributed by atoms with van der Waals surface area (Å²) >= 11 is 0. The van der Waals surface area contributed by atoms with E-state index in [1.165, 1.54) is 0 Å². The van der Waals surface area contributed by atoms with Gasteiger partial charge in [-0.3, -0.25) is 0 Å². The van der Waals surface area contributed by atoms with Gasteiger partial charge in [-0.1, -0.05) is 0 Å². The van der Waals surface area contributed by atoms with Crippen molar-refractivity contribution in [3.8, 4) is 6.07 Å². The summed E-state index contributed by atoms with van der Waals surface area (Å²) in [7, 11) is 0. The molecule has 1 saturated heterocycles. The van der Waals surface area contributed by atoms with E-state index in [0.717, 1.165) is 18.5 Å². The second kappa shape index (κ2) is 6.88. The number of piperidine rings is 1. The maximum absolute atomic E-state index is 11.6. The van der Waals surface area contributed by atoms with Crippen molar-refractivity contribution >= 4 is 12.0 Å². The first kappa shape index (κ1) is 15.0. The van der Waals surface area contributed by atoms with Crippen LogP contribution < -0.4 is 5.32 Å². The minimum absolute atomic E-state index is 0.198. The van der Waals surface area contributed by atoms with Crippen LogP contribution in [-0.4, -0.2) is 46.7 Å². The molecule has 0 unspecified atom stereocenters. The van der Waals surface area contributed by atoms with Gasteiger partial charge in [0.15, 0.2) is 0 Å². The van der Waals surface area contributed by atoms with Gasteiger partial charge in [-0.15, -0.1) is 0 Å². The number of anilines is 1. The maximum Gasteiger partial charge on any atom is 0.409 e. The third-order valence-corrected chi connectivity index (χ3v) is 3.32. The van der Waals surface area contributed by atoms with Gasteiger partial charge in [0, 0.05) is 24.8 Å². The molecule has 0 spiro atoms. The summed E-state index contributed by atoms with van der Waals surface area (Å²) in [5, 5.41) is 12.1. The SMILES string of the molecule is CCOC(=O)N1CCC(Nc2nc(C)cc(C#N)n2)CC1. The lowest BCUT2D eigenvalue weighted by atomic mass is 10.1. The zero-order valence-electron chi connectivity index (χ0n) is 12.3. The van der Waals surface area contributed by atoms with Crippen LogP contribution in [0.1, 0.15) is 31.2 Å². The quantitative estimate of drug-likeness (QED) is 0.910. The van der Waals surface area contributed by atoms with Crippen LogP contribution in [0.4, 0.5) is 10.7 Å². The van der Waals surface area contributed by atoms with Gasteiger partial charge in [0.25, 0.3) is 0 Å². The molecule has 7 nitrogen and oxygen atoms in total. The Labute approximate surface area is 123 Å². The second-order valence-corrected chi connectivity index (χ2v) is 4.93. The van der Waals surface area contributed by atoms with Crippen molar-refractivity contribution in [1.82, 2.24) is 14.9 Å². The molecule has 2 heterocycles. The van der Waals surface area contributed by atoms with E-state index < -0.39 is 0 Å². The van der Waals surface area contributed by atoms with E-state index in [1.54, 1.807) is 17.9 Å². The average molecular weight is 289 g/mol. The lowest BCUT2D eigenvalue weighted by molar-refractivity contribution is 0.0983. The molecule has 1 amide bonds. The number of carbonyl (C=O) groups is 1. The van der Waals surface area contributed by atoms with Crippen molar-refractivity contribution in [3.05, 3.63) is 17.5 Å². The number of amides is 1. The van der Waals surface area contributed by atoms with Crippen molar-refractivity contribution in [2.75, 3.05) is 25.0 Å². The summed E-state index contributed by atoms with van der Waals surface area (Å²) in [6, 6.07) is 3.87. The smallest absolute Gasteiger partial charge is 0.409 e. The van der Waals surface area contributed by atoms with Gasteiger partial charge < -0.3 is 15.0 Å². The molecule has 0 aliphatic carbocycles. The molecule has 0 atom stereocenters. The van der Waals surface area contributed by atoms with E-state index in [9.17, 15) is 4.79 Å². The average Bonchev–Trinajstić information content (AvgIpc) is 2.47. The van der Waals surface area contributed by atoms with Gasteiger partial charge >= 0.3 is 6.09 Å². The summed E-state index contributed by atoms with van der Waals surface area (Å²) in [4.78, 5) is 21.7. The molecule has 1 aromatic rings. The standard InChI is InChI=1S/C14H19N5O2/c1-3-21-14(20)19-6-4-11(5-7-19)17-13-16-10(2)8-12(9-15)18-13/h8,11H,3-7H2,1-2H3,(H,16,17,18). The summed E-state index contributed by atoms with van der Waals surface area (Å²) in [5.74, 6) is 0.473. The monoisotopic (exact) mass is 289 g/mol. The zero-order chi connectivity index (χ0) is 15.2. The summed E-state index contributed by atoms with van der Waals surface area (Å²) in [6.07, 6.45) is 1.35. The Morgan fingerprint density at radius 2 is 2.24 bits per heavy atom. The summed E-state index contributed by atoms with van der Waals surface area (Å²) in [5.41, 5.74) is 1.11. The van der Waals surface area contributed by atoms with Crippen molar-refractivity contribution in [2.45, 2.75) is 32.7 Å². The minimum atomic E-state index is -0.255. The maximum atomic E-state index is 11.6. The van der Waals surface area contributed by atoms with Gasteiger partial charge in [-0.25, -0.2) is 14.8 Å². The number of aryl methyl sites for hydroxylation is 1. The molecular weight excluding hydrogens is 270 g/mol. The first-order valence-corrected chi connectivity index (χ1v) is 7.06. The number of hydrogen-bond donors (Lipinski definition) is 1. The largest absolute Gasteiger partial charge is 0.450 e. The number of aromatic nitrogens is 2. The lowest BCUT2D eigenvalue weighted by Gasteiger charge is -2.31. The zero-order valence-corrected chi connectivity index (χ0v) is 12.3. The highest BCUT2D eigenvalue weighted by Crippen LogP contribution is 2.15. The van der Waals surface area contributed by atoms with Gasteiger partial charge in [0.1, 0.15) is 11.8 Å². The normalized spacial score (nSPS) is 15.4. The fourth-order valence-corrected chi connectivity index (χ4v) is 2.29. The van der Waals surface area contributed by atoms with Crippen LogP contribution in [-0.2, 0) is 4.74 Å². The summed E-state index contributed by atoms with van der Waals surface area (Å²) in [6.45, 7) is 5.32. The first-order valence-electron chi connectivity index (χ1n) is 7.06. The molecule has 2 rings (SSSR count). The van der Waals surface area contributed by atoms with Gasteiger partial charge in [0.05, 0.1) is 6.61 Å². The molecule has 0 saturated carbocycles. The Balaban J connectivity index is 1.90. The molecule has 0 bridgehead atoms. The predicted molar refractivity (Wildman–Crippen MR) is 76.7 cm³/mol. The Bertz CT molecular complexity index is 547. The number of likely N-dealkylation sites (tertiary alicyclic amines) is 1. The van der Waals surface area contributed by atoms with Crippen LogP contribution in [0.2, 0.25) is 0 Å². The number of ether oxygens (including phenoxy) is 1. The van der Waals surface area contributed by atoms with Crippen molar-refractivity contribution < 1.29 is 9.53 Å². The van der Waals surface area contributed by atoms with E-state index in [1.807, 2.05) is 13.0 Å². The van der Waals surface area contributed by atoms with E-state index in [-0.39, 0.29) is 12.1 Å². The molecule has 1 fully saturated rings. The number of hydrogen-bond acceptors (Lipinski definition) is 6. The van der Waals surface area contributed by atoms with Gasteiger partial charge in [-0.05, 0) is 32.8 Å². The number of nitriles is 1. The summed E-state index contributed by atoms with van der Waals surface area (Å²) < 4.78 is 4.99. The van der Waals surface area contributed by atoms with Crippen molar-refractivity contribution in [3.63, 3.8) is 0 Å². The third-order valence-electron chi connectivity index (χ3n) is 3.32. The van der Waals surface area contributed by atoms with Crippen LogP contribution in [0.25, 0.3) is 0 Å². The molecule has 112 valence electrons. The second-order valence-electron chi connectivity index (χ2n) is 4.93. The van der Waals surface area contributed by atoms with E-state index in [4.69, 9.17) is 10.00 Å². The van der Waals surface area contributed by atoms with E-state index >= 15 is 0 Å². The highest BCUT2D eigenvalue weighted by atomic mass is 16.6. The minimum Gasteiger partial charge on any atom is -0.450 e. The third kappa shape index (κ3) is 4.05. The molecule has 0 radical (unpaired) electrons. The van der Waals surface area contributed by atoms with Crippen LogP contribution in [0.3, 0.4) is 0 Å². The molecule has 1 N–H and O–H groups in total. The van der Waals surface area contributed by atoms with Crippen LogP contribution in [0.5, 0.6) is 0 Å². The van der Waals surface area contributed by atoms with Crippen LogP contribution in [0.15, 0.2) is 6.07 Å². The van der Waals surface area contributed by atoms with Crippen LogP contribution in [0, 0.1) is 18.3 Å². The molecule has 1 aliphatic rings. The van der Waals surface area contributed by atoms with E-state index in [2.05, 4.69) is 15.3 Å². The molecular formula is C14H19N5O2.